The van der Waals surface area contributed by atoms with Crippen molar-refractivity contribution in [3.05, 3.63) is 66.8 Å². The van der Waals surface area contributed by atoms with Gasteiger partial charge in [-0.2, -0.15) is 5.10 Å². The molecule has 1 aromatic heterocycles. The van der Waals surface area contributed by atoms with Crippen LogP contribution in [0.15, 0.2) is 55.2 Å². The van der Waals surface area contributed by atoms with Gasteiger partial charge in [-0.05, 0) is 12.8 Å². The van der Waals surface area contributed by atoms with Crippen LogP contribution in [0.4, 0.5) is 0 Å². The minimum absolute atomic E-state index is 0.273. The van der Waals surface area contributed by atoms with E-state index in [1.807, 2.05) is 18.2 Å². The smallest absolute Gasteiger partial charge is 0.158 e. The number of hydrogen-bond donors (Lipinski definition) is 1. The summed E-state index contributed by atoms with van der Waals surface area (Å²) >= 11 is 0. The normalized spacial score (nSPS) is 19.2. The topological polar surface area (TPSA) is 41.6 Å². The molecule has 98 valence electrons. The van der Waals surface area contributed by atoms with Crippen molar-refractivity contribution < 1.29 is 0 Å². The van der Waals surface area contributed by atoms with E-state index < -0.39 is 0 Å². The molecule has 0 spiro atoms. The molecular weight excluding hydrogens is 234 g/mol. The standard InChI is InChI=1S/C16H19N3/c1-3-5-10-13(9-4-2)15-17-16(19-18-15)14-11-7-6-8-12-14/h4-11,14H,2-3,12H2,1H3,(H,17,18,19)/b10-5-,13-9+. The predicted octanol–water partition coefficient (Wildman–Crippen LogP) is 3.94. The van der Waals surface area contributed by atoms with Crippen molar-refractivity contribution in [3.63, 3.8) is 0 Å². The molecule has 3 nitrogen and oxygen atoms in total. The zero-order valence-corrected chi connectivity index (χ0v) is 11.2. The Hall–Kier alpha value is -2.16. The first kappa shape index (κ1) is 13.3. The van der Waals surface area contributed by atoms with Crippen molar-refractivity contribution in [2.24, 2.45) is 0 Å². The van der Waals surface area contributed by atoms with Gasteiger partial charge in [0, 0.05) is 11.5 Å². The lowest BCUT2D eigenvalue weighted by Gasteiger charge is -2.07. The molecule has 1 aliphatic carbocycles. The van der Waals surface area contributed by atoms with E-state index in [2.05, 4.69) is 53.0 Å². The number of aromatic nitrogens is 3. The molecule has 0 aliphatic heterocycles. The van der Waals surface area contributed by atoms with Crippen molar-refractivity contribution in [2.75, 3.05) is 0 Å². The van der Waals surface area contributed by atoms with Crippen LogP contribution in [0.3, 0.4) is 0 Å². The van der Waals surface area contributed by atoms with Crippen molar-refractivity contribution in [1.29, 1.82) is 0 Å². The molecule has 1 aliphatic rings. The van der Waals surface area contributed by atoms with Crippen LogP contribution in [-0.4, -0.2) is 15.2 Å². The molecule has 0 radical (unpaired) electrons. The molecule has 0 fully saturated rings. The zero-order chi connectivity index (χ0) is 13.5. The van der Waals surface area contributed by atoms with E-state index in [1.165, 1.54) is 0 Å². The Morgan fingerprint density at radius 3 is 3.11 bits per heavy atom. The lowest BCUT2D eigenvalue weighted by Crippen LogP contribution is -1.98. The molecule has 1 N–H and O–H groups in total. The summed E-state index contributed by atoms with van der Waals surface area (Å²) in [6.45, 7) is 5.84. The number of rotatable bonds is 5. The van der Waals surface area contributed by atoms with Gasteiger partial charge in [0.05, 0.1) is 0 Å². The van der Waals surface area contributed by atoms with Crippen LogP contribution in [-0.2, 0) is 0 Å². The fourth-order valence-electron chi connectivity index (χ4n) is 1.93. The van der Waals surface area contributed by atoms with E-state index >= 15 is 0 Å². The van der Waals surface area contributed by atoms with Gasteiger partial charge in [-0.25, -0.2) is 4.98 Å². The van der Waals surface area contributed by atoms with Crippen molar-refractivity contribution in [1.82, 2.24) is 15.2 Å². The summed E-state index contributed by atoms with van der Waals surface area (Å²) in [4.78, 5) is 4.59. The number of nitrogens with one attached hydrogen (secondary N) is 1. The Balaban J connectivity index is 2.21. The van der Waals surface area contributed by atoms with E-state index in [4.69, 9.17) is 0 Å². The largest absolute Gasteiger partial charge is 0.259 e. The summed E-state index contributed by atoms with van der Waals surface area (Å²) < 4.78 is 0. The SMILES string of the molecule is C=C/C=C(\C=C/CC)c1nc(C2C=CC=CC2)n[nH]1. The second-order valence-corrected chi connectivity index (χ2v) is 4.37. The maximum atomic E-state index is 4.59. The Morgan fingerprint density at radius 1 is 1.53 bits per heavy atom. The lowest BCUT2D eigenvalue weighted by atomic mass is 10.0. The summed E-state index contributed by atoms with van der Waals surface area (Å²) in [5.41, 5.74) is 1.01. The van der Waals surface area contributed by atoms with Gasteiger partial charge in [0.2, 0.25) is 0 Å². The van der Waals surface area contributed by atoms with Crippen LogP contribution in [0.25, 0.3) is 5.57 Å². The number of aromatic amines is 1. The highest BCUT2D eigenvalue weighted by atomic mass is 15.2. The van der Waals surface area contributed by atoms with Crippen molar-refractivity contribution >= 4 is 5.57 Å². The molecule has 1 atom stereocenters. The molecule has 1 heterocycles. The molecule has 0 saturated carbocycles. The minimum atomic E-state index is 0.273. The quantitative estimate of drug-likeness (QED) is 0.807. The van der Waals surface area contributed by atoms with Gasteiger partial charge >= 0.3 is 0 Å². The van der Waals surface area contributed by atoms with Gasteiger partial charge in [0.1, 0.15) is 0 Å². The van der Waals surface area contributed by atoms with E-state index in [9.17, 15) is 0 Å². The third-order valence-corrected chi connectivity index (χ3v) is 2.92. The van der Waals surface area contributed by atoms with Gasteiger partial charge in [-0.3, -0.25) is 5.10 Å². The van der Waals surface area contributed by atoms with E-state index in [-0.39, 0.29) is 5.92 Å². The van der Waals surface area contributed by atoms with Crippen LogP contribution < -0.4 is 0 Å². The second kappa shape index (κ2) is 6.69. The van der Waals surface area contributed by atoms with Crippen LogP contribution in [0.2, 0.25) is 0 Å². The maximum Gasteiger partial charge on any atom is 0.158 e. The summed E-state index contributed by atoms with van der Waals surface area (Å²) in [6, 6.07) is 0. The van der Waals surface area contributed by atoms with E-state index in [0.717, 1.165) is 30.1 Å². The number of hydrogen-bond acceptors (Lipinski definition) is 2. The summed E-state index contributed by atoms with van der Waals surface area (Å²) in [6.07, 6.45) is 18.2. The Kier molecular flexibility index (Phi) is 4.67. The fraction of sp³-hybridized carbons (Fsp3) is 0.250. The summed E-state index contributed by atoms with van der Waals surface area (Å²) in [5, 5.41) is 7.33. The van der Waals surface area contributed by atoms with Crippen molar-refractivity contribution in [2.45, 2.75) is 25.7 Å². The highest BCUT2D eigenvalue weighted by Crippen LogP contribution is 2.22. The predicted molar refractivity (Wildman–Crippen MR) is 79.6 cm³/mol. The van der Waals surface area contributed by atoms with E-state index in [0.29, 0.717) is 0 Å². The molecule has 2 rings (SSSR count). The van der Waals surface area contributed by atoms with Crippen LogP contribution >= 0.6 is 0 Å². The van der Waals surface area contributed by atoms with Gasteiger partial charge in [0.15, 0.2) is 11.6 Å². The molecule has 0 amide bonds. The Bertz CT molecular complexity index is 544. The van der Waals surface area contributed by atoms with Crippen LogP contribution in [0, 0.1) is 0 Å². The van der Waals surface area contributed by atoms with Gasteiger partial charge < -0.3 is 0 Å². The maximum absolute atomic E-state index is 4.59. The second-order valence-electron chi connectivity index (χ2n) is 4.37. The van der Waals surface area contributed by atoms with Crippen molar-refractivity contribution in [3.8, 4) is 0 Å². The van der Waals surface area contributed by atoms with Gasteiger partial charge in [-0.1, -0.05) is 62.1 Å². The highest BCUT2D eigenvalue weighted by Gasteiger charge is 2.14. The highest BCUT2D eigenvalue weighted by molar-refractivity contribution is 5.70. The van der Waals surface area contributed by atoms with E-state index in [1.54, 1.807) is 6.08 Å². The minimum Gasteiger partial charge on any atom is -0.259 e. The average molecular weight is 253 g/mol. The van der Waals surface area contributed by atoms with Gasteiger partial charge in [0.25, 0.3) is 0 Å². The lowest BCUT2D eigenvalue weighted by molar-refractivity contribution is 0.778. The fourth-order valence-corrected chi connectivity index (χ4v) is 1.93. The number of allylic oxidation sites excluding steroid dienone is 9. The van der Waals surface area contributed by atoms with Crippen LogP contribution in [0.1, 0.15) is 37.3 Å². The third kappa shape index (κ3) is 3.41. The molecule has 1 unspecified atom stereocenters. The first-order chi connectivity index (χ1) is 9.35. The summed E-state index contributed by atoms with van der Waals surface area (Å²) in [7, 11) is 0. The molecule has 0 bridgehead atoms. The Morgan fingerprint density at radius 2 is 2.42 bits per heavy atom. The molecular formula is C16H19N3. The molecule has 3 heteroatoms. The number of H-pyrrole nitrogens is 1. The Labute approximate surface area is 114 Å². The zero-order valence-electron chi connectivity index (χ0n) is 11.2. The molecule has 0 aromatic carbocycles. The first-order valence-corrected chi connectivity index (χ1v) is 6.60. The average Bonchev–Trinajstić information content (AvgIpc) is 2.94. The number of nitrogens with zero attached hydrogens (tertiary/aromatic N) is 2. The third-order valence-electron chi connectivity index (χ3n) is 2.92. The van der Waals surface area contributed by atoms with Gasteiger partial charge in [-0.15, -0.1) is 0 Å². The molecule has 19 heavy (non-hydrogen) atoms. The molecule has 1 aromatic rings. The first-order valence-electron chi connectivity index (χ1n) is 6.60. The molecule has 0 saturated heterocycles. The summed E-state index contributed by atoms with van der Waals surface area (Å²) in [5.74, 6) is 1.91. The monoisotopic (exact) mass is 253 g/mol. The van der Waals surface area contributed by atoms with Crippen LogP contribution in [0.5, 0.6) is 0 Å².